The highest BCUT2D eigenvalue weighted by Gasteiger charge is 2.32. The van der Waals surface area contributed by atoms with Crippen LogP contribution in [0.4, 0.5) is 0 Å². The summed E-state index contributed by atoms with van der Waals surface area (Å²) >= 11 is 0. The number of carbonyl (C=O) groups is 1. The molecule has 6 nitrogen and oxygen atoms in total. The van der Waals surface area contributed by atoms with Crippen molar-refractivity contribution in [2.45, 2.75) is 12.8 Å². The third-order valence-corrected chi connectivity index (χ3v) is 4.65. The highest BCUT2D eigenvalue weighted by molar-refractivity contribution is 5.94. The van der Waals surface area contributed by atoms with E-state index in [1.807, 2.05) is 35.0 Å². The van der Waals surface area contributed by atoms with E-state index in [1.54, 1.807) is 19.6 Å². The van der Waals surface area contributed by atoms with Gasteiger partial charge in [-0.15, -0.1) is 24.8 Å². The third-order valence-electron chi connectivity index (χ3n) is 4.65. The first-order valence-electron chi connectivity index (χ1n) is 8.29. The fourth-order valence-corrected chi connectivity index (χ4v) is 3.22. The van der Waals surface area contributed by atoms with E-state index in [9.17, 15) is 4.79 Å². The van der Waals surface area contributed by atoms with Gasteiger partial charge in [0.05, 0.1) is 12.9 Å². The second-order valence-electron chi connectivity index (χ2n) is 6.39. The molecule has 0 spiro atoms. The van der Waals surface area contributed by atoms with Gasteiger partial charge in [0.2, 0.25) is 0 Å². The number of imidazole rings is 1. The first-order valence-corrected chi connectivity index (χ1v) is 8.29. The second kappa shape index (κ2) is 10.5. The standard InChI is InChI=1S/C18H24N4O2.2ClH/c1-24-13-18(5-7-19-8-6-18)12-21-17(23)15-3-2-4-16(11-15)22-10-9-20-14-22;;/h2-4,9-11,14,19H,5-8,12-13H2,1H3,(H,21,23);2*1H. The maximum atomic E-state index is 12.6. The topological polar surface area (TPSA) is 68.2 Å². The van der Waals surface area contributed by atoms with E-state index in [-0.39, 0.29) is 36.1 Å². The molecule has 1 amide bonds. The number of aromatic nitrogens is 2. The molecule has 8 heteroatoms. The molecule has 1 aromatic heterocycles. The summed E-state index contributed by atoms with van der Waals surface area (Å²) in [6.07, 6.45) is 7.32. The van der Waals surface area contributed by atoms with Crippen LogP contribution >= 0.6 is 24.8 Å². The average molecular weight is 401 g/mol. The van der Waals surface area contributed by atoms with Crippen LogP contribution in [-0.4, -0.2) is 48.8 Å². The molecule has 144 valence electrons. The van der Waals surface area contributed by atoms with Crippen LogP contribution < -0.4 is 10.6 Å². The van der Waals surface area contributed by atoms with Crippen molar-refractivity contribution in [3.05, 3.63) is 48.5 Å². The molecule has 0 atom stereocenters. The number of piperidine rings is 1. The van der Waals surface area contributed by atoms with Gasteiger partial charge in [-0.2, -0.15) is 0 Å². The Kier molecular flexibility index (Phi) is 9.08. The molecule has 1 aliphatic heterocycles. The Labute approximate surface area is 166 Å². The smallest absolute Gasteiger partial charge is 0.251 e. The number of rotatable bonds is 6. The minimum absolute atomic E-state index is 0. The molecule has 26 heavy (non-hydrogen) atoms. The highest BCUT2D eigenvalue weighted by atomic mass is 35.5. The zero-order valence-corrected chi connectivity index (χ0v) is 16.4. The Bertz CT molecular complexity index is 668. The van der Waals surface area contributed by atoms with Crippen LogP contribution in [0.5, 0.6) is 0 Å². The van der Waals surface area contributed by atoms with Crippen LogP contribution in [0.3, 0.4) is 0 Å². The van der Waals surface area contributed by atoms with Crippen molar-refractivity contribution in [2.75, 3.05) is 33.4 Å². The zero-order valence-electron chi connectivity index (χ0n) is 14.8. The molecule has 1 fully saturated rings. The molecular weight excluding hydrogens is 375 g/mol. The summed E-state index contributed by atoms with van der Waals surface area (Å²) < 4.78 is 7.29. The van der Waals surface area contributed by atoms with Crippen molar-refractivity contribution < 1.29 is 9.53 Å². The van der Waals surface area contributed by atoms with E-state index in [2.05, 4.69) is 15.6 Å². The van der Waals surface area contributed by atoms with Gasteiger partial charge < -0.3 is 19.9 Å². The summed E-state index contributed by atoms with van der Waals surface area (Å²) in [5, 5.41) is 6.46. The normalized spacial score (nSPS) is 15.4. The molecule has 1 saturated heterocycles. The number of hydrogen-bond acceptors (Lipinski definition) is 4. The fraction of sp³-hybridized carbons (Fsp3) is 0.444. The van der Waals surface area contributed by atoms with Crippen LogP contribution in [0, 0.1) is 5.41 Å². The SMILES string of the molecule is COCC1(CNC(=O)c2cccc(-n3ccnc3)c2)CCNCC1.Cl.Cl. The molecule has 2 heterocycles. The lowest BCUT2D eigenvalue weighted by atomic mass is 9.79. The molecule has 3 rings (SSSR count). The van der Waals surface area contributed by atoms with E-state index < -0.39 is 0 Å². The predicted octanol–water partition coefficient (Wildman–Crippen LogP) is 2.46. The highest BCUT2D eigenvalue weighted by Crippen LogP contribution is 2.28. The van der Waals surface area contributed by atoms with Gasteiger partial charge in [-0.25, -0.2) is 4.98 Å². The number of ether oxygens (including phenoxy) is 1. The number of halogens is 2. The molecule has 2 N–H and O–H groups in total. The van der Waals surface area contributed by atoms with Crippen molar-refractivity contribution in [2.24, 2.45) is 5.41 Å². The Morgan fingerprint density at radius 1 is 1.35 bits per heavy atom. The van der Waals surface area contributed by atoms with Gasteiger partial charge in [0.15, 0.2) is 0 Å². The molecule has 0 radical (unpaired) electrons. The van der Waals surface area contributed by atoms with E-state index in [0.29, 0.717) is 18.7 Å². The fourth-order valence-electron chi connectivity index (χ4n) is 3.22. The number of nitrogens with one attached hydrogen (secondary N) is 2. The van der Waals surface area contributed by atoms with Gasteiger partial charge >= 0.3 is 0 Å². The Balaban J connectivity index is 0.00000169. The van der Waals surface area contributed by atoms with Gasteiger partial charge in [0.1, 0.15) is 0 Å². The quantitative estimate of drug-likeness (QED) is 0.781. The number of benzene rings is 1. The van der Waals surface area contributed by atoms with E-state index >= 15 is 0 Å². The maximum Gasteiger partial charge on any atom is 0.251 e. The molecular formula is C18H26Cl2N4O2. The Morgan fingerprint density at radius 2 is 2.12 bits per heavy atom. The average Bonchev–Trinajstić information content (AvgIpc) is 3.16. The van der Waals surface area contributed by atoms with Crippen molar-refractivity contribution in [3.63, 3.8) is 0 Å². The van der Waals surface area contributed by atoms with Crippen LogP contribution in [-0.2, 0) is 4.74 Å². The monoisotopic (exact) mass is 400 g/mol. The summed E-state index contributed by atoms with van der Waals surface area (Å²) in [5.41, 5.74) is 1.61. The van der Waals surface area contributed by atoms with Crippen LogP contribution in [0.2, 0.25) is 0 Å². The van der Waals surface area contributed by atoms with Gasteiger partial charge in [0.25, 0.3) is 5.91 Å². The summed E-state index contributed by atoms with van der Waals surface area (Å²) in [7, 11) is 1.72. The van der Waals surface area contributed by atoms with Crippen LogP contribution in [0.1, 0.15) is 23.2 Å². The van der Waals surface area contributed by atoms with Gasteiger partial charge in [-0.05, 0) is 44.1 Å². The Hall–Kier alpha value is -1.60. The first-order chi connectivity index (χ1) is 11.7. The first kappa shape index (κ1) is 22.4. The number of methoxy groups -OCH3 is 1. The molecule has 0 bridgehead atoms. The molecule has 0 aliphatic carbocycles. The van der Waals surface area contributed by atoms with Crippen molar-refractivity contribution in [1.29, 1.82) is 0 Å². The minimum atomic E-state index is -0.0500. The summed E-state index contributed by atoms with van der Waals surface area (Å²) in [5.74, 6) is -0.0500. The summed E-state index contributed by atoms with van der Waals surface area (Å²) in [6, 6.07) is 7.56. The number of hydrogen-bond donors (Lipinski definition) is 2. The predicted molar refractivity (Wildman–Crippen MR) is 107 cm³/mol. The number of amides is 1. The molecule has 2 aromatic rings. The van der Waals surface area contributed by atoms with E-state index in [4.69, 9.17) is 4.74 Å². The van der Waals surface area contributed by atoms with Gasteiger partial charge in [-0.1, -0.05) is 6.07 Å². The number of carbonyl (C=O) groups excluding carboxylic acids is 1. The van der Waals surface area contributed by atoms with Crippen LogP contribution in [0.15, 0.2) is 43.0 Å². The van der Waals surface area contributed by atoms with Gasteiger partial charge in [-0.3, -0.25) is 4.79 Å². The lowest BCUT2D eigenvalue weighted by Gasteiger charge is -2.37. The van der Waals surface area contributed by atoms with Gasteiger partial charge in [0, 0.05) is 42.7 Å². The summed E-state index contributed by atoms with van der Waals surface area (Å²) in [4.78, 5) is 16.6. The number of nitrogens with zero attached hydrogens (tertiary/aromatic N) is 2. The largest absolute Gasteiger partial charge is 0.384 e. The lowest BCUT2D eigenvalue weighted by Crippen LogP contribution is -2.47. The Morgan fingerprint density at radius 3 is 2.77 bits per heavy atom. The van der Waals surface area contributed by atoms with Crippen molar-refractivity contribution in [3.8, 4) is 5.69 Å². The minimum Gasteiger partial charge on any atom is -0.384 e. The summed E-state index contributed by atoms with van der Waals surface area (Å²) in [6.45, 7) is 3.24. The zero-order chi connectivity index (χ0) is 16.8. The molecule has 0 saturated carbocycles. The maximum absolute atomic E-state index is 12.6. The van der Waals surface area contributed by atoms with Crippen LogP contribution in [0.25, 0.3) is 5.69 Å². The molecule has 1 aliphatic rings. The van der Waals surface area contributed by atoms with E-state index in [0.717, 1.165) is 31.6 Å². The van der Waals surface area contributed by atoms with Crippen molar-refractivity contribution in [1.82, 2.24) is 20.2 Å². The molecule has 1 aromatic carbocycles. The van der Waals surface area contributed by atoms with Crippen molar-refractivity contribution >= 4 is 30.7 Å². The molecule has 0 unspecified atom stereocenters. The second-order valence-corrected chi connectivity index (χ2v) is 6.39. The lowest BCUT2D eigenvalue weighted by molar-refractivity contribution is 0.0512. The third kappa shape index (κ3) is 5.45. The van der Waals surface area contributed by atoms with E-state index in [1.165, 1.54) is 0 Å².